The Morgan fingerprint density at radius 1 is 1.29 bits per heavy atom. The molecule has 0 fully saturated rings. The van der Waals surface area contributed by atoms with Gasteiger partial charge in [0, 0.05) is 6.07 Å². The molecule has 0 radical (unpaired) electrons. The molecule has 116 valence electrons. The molecule has 8 heteroatoms. The Balaban J connectivity index is 2.89. The number of carbonyl (C=O) groups is 1. The summed E-state index contributed by atoms with van der Waals surface area (Å²) in [5, 5.41) is 10.8. The quantitative estimate of drug-likeness (QED) is 0.468. The topological polar surface area (TPSA) is 104 Å². The number of rotatable bonds is 5. The van der Waals surface area contributed by atoms with E-state index < -0.39 is 42.7 Å². The van der Waals surface area contributed by atoms with Crippen LogP contribution in [0.2, 0.25) is 0 Å². The van der Waals surface area contributed by atoms with E-state index in [-0.39, 0.29) is 6.42 Å². The molecule has 0 bridgehead atoms. The van der Waals surface area contributed by atoms with Crippen LogP contribution in [0.25, 0.3) is 0 Å². The van der Waals surface area contributed by atoms with Gasteiger partial charge in [-0.1, -0.05) is 12.1 Å². The lowest BCUT2D eigenvalue weighted by Crippen LogP contribution is -2.25. The first-order valence-corrected chi connectivity index (χ1v) is 7.86. The van der Waals surface area contributed by atoms with Crippen molar-refractivity contribution >= 4 is 21.5 Å². The molecule has 0 amide bonds. The molecule has 0 spiro atoms. The zero-order chi connectivity index (χ0) is 16.3. The molecule has 0 aliphatic rings. The van der Waals surface area contributed by atoms with Gasteiger partial charge in [0.1, 0.15) is 10.5 Å². The highest BCUT2D eigenvalue weighted by Gasteiger charge is 2.26. The molecule has 0 atom stereocenters. The van der Waals surface area contributed by atoms with Crippen LogP contribution in [-0.2, 0) is 19.4 Å². The molecule has 0 aliphatic carbocycles. The van der Waals surface area contributed by atoms with Crippen LogP contribution in [0, 0.1) is 10.1 Å². The predicted molar refractivity (Wildman–Crippen MR) is 75.6 cm³/mol. The first kappa shape index (κ1) is 17.1. The zero-order valence-electron chi connectivity index (χ0n) is 12.0. The van der Waals surface area contributed by atoms with Crippen molar-refractivity contribution in [2.45, 2.75) is 37.7 Å². The lowest BCUT2D eigenvalue weighted by Gasteiger charge is -2.19. The Bertz CT molecular complexity index is 645. The minimum atomic E-state index is -3.93. The van der Waals surface area contributed by atoms with Crippen molar-refractivity contribution in [3.63, 3.8) is 0 Å². The van der Waals surface area contributed by atoms with E-state index in [4.69, 9.17) is 4.74 Å². The normalized spacial score (nSPS) is 12.0. The van der Waals surface area contributed by atoms with Crippen LogP contribution in [0.4, 0.5) is 5.69 Å². The van der Waals surface area contributed by atoms with Crippen molar-refractivity contribution in [2.24, 2.45) is 0 Å². The minimum Gasteiger partial charge on any atom is -0.460 e. The number of hydrogen-bond acceptors (Lipinski definition) is 6. The van der Waals surface area contributed by atoms with Gasteiger partial charge >= 0.3 is 5.97 Å². The largest absolute Gasteiger partial charge is 0.460 e. The summed E-state index contributed by atoms with van der Waals surface area (Å²) >= 11 is 0. The highest BCUT2D eigenvalue weighted by atomic mass is 32.2. The summed E-state index contributed by atoms with van der Waals surface area (Å²) in [6.45, 7) is 5.00. The SMILES string of the molecule is CC(C)(C)OC(=O)CCS(=O)(=O)c1ccccc1[N+](=O)[O-]. The van der Waals surface area contributed by atoms with Crippen LogP contribution in [0.15, 0.2) is 29.2 Å². The number of ether oxygens (including phenoxy) is 1. The van der Waals surface area contributed by atoms with Crippen LogP contribution in [0.5, 0.6) is 0 Å². The molecule has 1 aromatic rings. The van der Waals surface area contributed by atoms with Crippen molar-refractivity contribution < 1.29 is 22.9 Å². The summed E-state index contributed by atoms with van der Waals surface area (Å²) in [5.74, 6) is -1.20. The number of nitrogens with zero attached hydrogens (tertiary/aromatic N) is 1. The third kappa shape index (κ3) is 5.14. The Morgan fingerprint density at radius 3 is 2.38 bits per heavy atom. The fourth-order valence-electron chi connectivity index (χ4n) is 1.59. The second-order valence-electron chi connectivity index (χ2n) is 5.38. The Kier molecular flexibility index (Phi) is 5.06. The smallest absolute Gasteiger partial charge is 0.307 e. The average Bonchev–Trinajstić information content (AvgIpc) is 2.34. The summed E-state index contributed by atoms with van der Waals surface area (Å²) in [7, 11) is -3.93. The summed E-state index contributed by atoms with van der Waals surface area (Å²) in [4.78, 5) is 21.2. The lowest BCUT2D eigenvalue weighted by atomic mass is 10.2. The highest BCUT2D eigenvalue weighted by molar-refractivity contribution is 7.91. The molecule has 0 saturated heterocycles. The third-order valence-corrected chi connectivity index (χ3v) is 4.15. The van der Waals surface area contributed by atoms with Crippen molar-refractivity contribution in [1.29, 1.82) is 0 Å². The summed E-state index contributed by atoms with van der Waals surface area (Å²) in [6.07, 6.45) is -0.356. The van der Waals surface area contributed by atoms with E-state index in [1.807, 2.05) is 0 Å². The summed E-state index contributed by atoms with van der Waals surface area (Å²) in [5.41, 5.74) is -1.21. The molecule has 21 heavy (non-hydrogen) atoms. The molecular formula is C13H17NO6S. The third-order valence-electron chi connectivity index (χ3n) is 2.39. The molecule has 0 aliphatic heterocycles. The standard InChI is InChI=1S/C13H17NO6S/c1-13(2,3)20-12(15)8-9-21(18,19)11-7-5-4-6-10(11)14(16)17/h4-7H,8-9H2,1-3H3. The van der Waals surface area contributed by atoms with Gasteiger partial charge in [0.15, 0.2) is 9.84 Å². The number of esters is 1. The molecule has 0 heterocycles. The van der Waals surface area contributed by atoms with E-state index in [2.05, 4.69) is 0 Å². The van der Waals surface area contributed by atoms with Crippen molar-refractivity contribution in [1.82, 2.24) is 0 Å². The number of carbonyl (C=O) groups excluding carboxylic acids is 1. The summed E-state index contributed by atoms with van der Waals surface area (Å²) < 4.78 is 29.2. The van der Waals surface area contributed by atoms with E-state index in [9.17, 15) is 23.3 Å². The van der Waals surface area contributed by atoms with Crippen molar-refractivity contribution in [2.75, 3.05) is 5.75 Å². The molecular weight excluding hydrogens is 298 g/mol. The number of sulfone groups is 1. The van der Waals surface area contributed by atoms with Crippen LogP contribution in [0.3, 0.4) is 0 Å². The number of para-hydroxylation sites is 1. The van der Waals surface area contributed by atoms with Gasteiger partial charge in [-0.05, 0) is 26.8 Å². The van der Waals surface area contributed by atoms with Gasteiger partial charge < -0.3 is 4.74 Å². The van der Waals surface area contributed by atoms with E-state index in [1.165, 1.54) is 12.1 Å². The zero-order valence-corrected chi connectivity index (χ0v) is 12.8. The molecule has 1 aromatic carbocycles. The van der Waals surface area contributed by atoms with Crippen LogP contribution in [0.1, 0.15) is 27.2 Å². The molecule has 1 rings (SSSR count). The van der Waals surface area contributed by atoms with Gasteiger partial charge in [-0.3, -0.25) is 14.9 Å². The first-order valence-electron chi connectivity index (χ1n) is 6.21. The second kappa shape index (κ2) is 6.21. The molecule has 0 N–H and O–H groups in total. The highest BCUT2D eigenvalue weighted by Crippen LogP contribution is 2.24. The fraction of sp³-hybridized carbons (Fsp3) is 0.462. The van der Waals surface area contributed by atoms with E-state index in [1.54, 1.807) is 20.8 Å². The van der Waals surface area contributed by atoms with Gasteiger partial charge in [0.25, 0.3) is 5.69 Å². The molecule has 0 saturated carbocycles. The Labute approximate surface area is 123 Å². The van der Waals surface area contributed by atoms with E-state index in [0.29, 0.717) is 0 Å². The molecule has 0 aromatic heterocycles. The first-order chi connectivity index (χ1) is 9.53. The fourth-order valence-corrected chi connectivity index (χ4v) is 2.99. The maximum Gasteiger partial charge on any atom is 0.307 e. The lowest BCUT2D eigenvalue weighted by molar-refractivity contribution is -0.387. The second-order valence-corrected chi connectivity index (χ2v) is 7.46. The van der Waals surface area contributed by atoms with E-state index >= 15 is 0 Å². The molecule has 0 unspecified atom stereocenters. The van der Waals surface area contributed by atoms with Crippen molar-refractivity contribution in [3.8, 4) is 0 Å². The number of benzene rings is 1. The van der Waals surface area contributed by atoms with Gasteiger partial charge in [-0.15, -0.1) is 0 Å². The van der Waals surface area contributed by atoms with E-state index in [0.717, 1.165) is 12.1 Å². The maximum absolute atomic E-state index is 12.1. The number of nitro groups is 1. The monoisotopic (exact) mass is 315 g/mol. The Hall–Kier alpha value is -1.96. The maximum atomic E-state index is 12.1. The van der Waals surface area contributed by atoms with Gasteiger partial charge in [0.2, 0.25) is 0 Å². The Morgan fingerprint density at radius 2 is 1.86 bits per heavy atom. The summed E-state index contributed by atoms with van der Waals surface area (Å²) in [6, 6.07) is 5.04. The van der Waals surface area contributed by atoms with Gasteiger partial charge in [0.05, 0.1) is 17.1 Å². The van der Waals surface area contributed by atoms with Gasteiger partial charge in [-0.2, -0.15) is 0 Å². The van der Waals surface area contributed by atoms with Crippen molar-refractivity contribution in [3.05, 3.63) is 34.4 Å². The van der Waals surface area contributed by atoms with Crippen LogP contribution < -0.4 is 0 Å². The van der Waals surface area contributed by atoms with Crippen LogP contribution in [-0.4, -0.2) is 30.7 Å². The molecule has 7 nitrogen and oxygen atoms in total. The van der Waals surface area contributed by atoms with Crippen LogP contribution >= 0.6 is 0 Å². The number of nitro benzene ring substituents is 1. The average molecular weight is 315 g/mol. The van der Waals surface area contributed by atoms with Gasteiger partial charge in [-0.25, -0.2) is 8.42 Å². The predicted octanol–water partition coefficient (Wildman–Crippen LogP) is 2.10. The minimum absolute atomic E-state index is 0.356. The number of hydrogen-bond donors (Lipinski definition) is 0.